The zero-order chi connectivity index (χ0) is 16.4. The van der Waals surface area contributed by atoms with Gasteiger partial charge < -0.3 is 9.64 Å². The van der Waals surface area contributed by atoms with E-state index in [2.05, 4.69) is 0 Å². The summed E-state index contributed by atoms with van der Waals surface area (Å²) in [5, 5.41) is 10.9. The van der Waals surface area contributed by atoms with E-state index in [4.69, 9.17) is 4.74 Å². The summed E-state index contributed by atoms with van der Waals surface area (Å²) in [6.07, 6.45) is 4.43. The van der Waals surface area contributed by atoms with E-state index in [1.54, 1.807) is 7.11 Å². The molecule has 0 N–H and O–H groups in total. The van der Waals surface area contributed by atoms with Crippen LogP contribution >= 0.6 is 0 Å². The van der Waals surface area contributed by atoms with Crippen LogP contribution in [0.2, 0.25) is 0 Å². The predicted molar refractivity (Wildman–Crippen MR) is 84.8 cm³/mol. The fourth-order valence-electron chi connectivity index (χ4n) is 3.44. The Labute approximate surface area is 135 Å². The maximum absolute atomic E-state index is 12.7. The first-order valence-corrected chi connectivity index (χ1v) is 8.19. The number of ether oxygens (including phenoxy) is 1. The fourth-order valence-corrected chi connectivity index (χ4v) is 3.44. The Morgan fingerprint density at radius 3 is 2.61 bits per heavy atom. The van der Waals surface area contributed by atoms with Crippen LogP contribution in [-0.2, 0) is 4.79 Å². The molecule has 1 aromatic carbocycles. The Kier molecular flexibility index (Phi) is 4.50. The number of hydrogen-bond acceptors (Lipinski definition) is 4. The number of amides is 1. The SMILES string of the molecule is COc1ccc([C@@H]2CCCCCN2C(=O)[C@H]2C[C@H]2[N+](=O)[O-])cc1. The average Bonchev–Trinajstić information content (AvgIpc) is 3.37. The molecule has 1 heterocycles. The van der Waals surface area contributed by atoms with Crippen LogP contribution in [0.3, 0.4) is 0 Å². The average molecular weight is 318 g/mol. The minimum Gasteiger partial charge on any atom is -0.497 e. The molecule has 6 nitrogen and oxygen atoms in total. The van der Waals surface area contributed by atoms with Crippen LogP contribution in [0.5, 0.6) is 5.75 Å². The van der Waals surface area contributed by atoms with Crippen molar-refractivity contribution < 1.29 is 14.5 Å². The van der Waals surface area contributed by atoms with Gasteiger partial charge in [0.25, 0.3) is 0 Å². The molecule has 0 radical (unpaired) electrons. The van der Waals surface area contributed by atoms with E-state index in [1.807, 2.05) is 29.2 Å². The van der Waals surface area contributed by atoms with Crippen LogP contribution in [0.25, 0.3) is 0 Å². The molecule has 3 atom stereocenters. The summed E-state index contributed by atoms with van der Waals surface area (Å²) in [5.74, 6) is 0.314. The lowest BCUT2D eigenvalue weighted by atomic mass is 10.00. The first-order chi connectivity index (χ1) is 11.1. The third-order valence-electron chi connectivity index (χ3n) is 4.88. The second kappa shape index (κ2) is 6.56. The Bertz CT molecular complexity index is 587. The van der Waals surface area contributed by atoms with Crippen molar-refractivity contribution in [1.29, 1.82) is 0 Å². The lowest BCUT2D eigenvalue weighted by Crippen LogP contribution is -2.37. The quantitative estimate of drug-likeness (QED) is 0.632. The summed E-state index contributed by atoms with van der Waals surface area (Å²) < 4.78 is 5.19. The molecular formula is C17H22N2O4. The minimum atomic E-state index is -0.678. The summed E-state index contributed by atoms with van der Waals surface area (Å²) in [4.78, 5) is 25.2. The standard InChI is InChI=1S/C17H22N2O4/c1-23-13-8-6-12(7-9-13)15-5-3-2-4-10-18(15)17(20)14-11-16(14)19(21)22/h6-9,14-16H,2-5,10-11H2,1H3/t14-,15-,16+/m0/s1. The van der Waals surface area contributed by atoms with Crippen LogP contribution < -0.4 is 4.74 Å². The highest BCUT2D eigenvalue weighted by molar-refractivity contribution is 5.82. The highest BCUT2D eigenvalue weighted by Gasteiger charge is 2.55. The number of nitro groups is 1. The number of carbonyl (C=O) groups excluding carboxylic acids is 1. The van der Waals surface area contributed by atoms with Gasteiger partial charge in [-0.15, -0.1) is 0 Å². The molecular weight excluding hydrogens is 296 g/mol. The monoisotopic (exact) mass is 318 g/mol. The summed E-state index contributed by atoms with van der Waals surface area (Å²) in [5.41, 5.74) is 1.08. The molecule has 124 valence electrons. The van der Waals surface area contributed by atoms with Crippen LogP contribution in [0.15, 0.2) is 24.3 Å². The van der Waals surface area contributed by atoms with Gasteiger partial charge in [0, 0.05) is 17.9 Å². The molecule has 0 bridgehead atoms. The van der Waals surface area contributed by atoms with Crippen LogP contribution in [0.1, 0.15) is 43.7 Å². The van der Waals surface area contributed by atoms with Gasteiger partial charge in [0.2, 0.25) is 11.9 Å². The smallest absolute Gasteiger partial charge is 0.233 e. The molecule has 6 heteroatoms. The summed E-state index contributed by atoms with van der Waals surface area (Å²) in [7, 11) is 1.63. The Morgan fingerprint density at radius 1 is 1.26 bits per heavy atom. The first kappa shape index (κ1) is 15.8. The molecule has 1 aliphatic carbocycles. The molecule has 1 aromatic rings. The largest absolute Gasteiger partial charge is 0.497 e. The molecule has 0 unspecified atom stereocenters. The number of carbonyl (C=O) groups is 1. The van der Waals surface area contributed by atoms with E-state index in [1.165, 1.54) is 0 Å². The van der Waals surface area contributed by atoms with Crippen molar-refractivity contribution >= 4 is 5.91 Å². The third-order valence-corrected chi connectivity index (χ3v) is 4.88. The Morgan fingerprint density at radius 2 is 2.00 bits per heavy atom. The first-order valence-electron chi connectivity index (χ1n) is 8.19. The second-order valence-electron chi connectivity index (χ2n) is 6.36. The number of methoxy groups -OCH3 is 1. The van der Waals surface area contributed by atoms with Crippen molar-refractivity contribution in [3.63, 3.8) is 0 Å². The van der Waals surface area contributed by atoms with Gasteiger partial charge in [-0.05, 0) is 30.5 Å². The molecule has 0 aromatic heterocycles. The number of benzene rings is 1. The second-order valence-corrected chi connectivity index (χ2v) is 6.36. The van der Waals surface area contributed by atoms with E-state index < -0.39 is 12.0 Å². The number of likely N-dealkylation sites (tertiary alicyclic amines) is 1. The van der Waals surface area contributed by atoms with Crippen molar-refractivity contribution in [2.45, 2.75) is 44.2 Å². The van der Waals surface area contributed by atoms with Gasteiger partial charge >= 0.3 is 0 Å². The summed E-state index contributed by atoms with van der Waals surface area (Å²) >= 11 is 0. The molecule has 1 aliphatic heterocycles. The number of hydrogen-bond donors (Lipinski definition) is 0. The van der Waals surface area contributed by atoms with E-state index in [0.29, 0.717) is 13.0 Å². The van der Waals surface area contributed by atoms with Crippen molar-refractivity contribution in [1.82, 2.24) is 4.90 Å². The maximum atomic E-state index is 12.7. The highest BCUT2D eigenvalue weighted by atomic mass is 16.6. The molecule has 1 saturated heterocycles. The molecule has 1 saturated carbocycles. The lowest BCUT2D eigenvalue weighted by molar-refractivity contribution is -0.497. The zero-order valence-electron chi connectivity index (χ0n) is 13.3. The topological polar surface area (TPSA) is 72.7 Å². The van der Waals surface area contributed by atoms with E-state index >= 15 is 0 Å². The van der Waals surface area contributed by atoms with E-state index in [0.717, 1.165) is 37.0 Å². The molecule has 2 aliphatic rings. The van der Waals surface area contributed by atoms with Crippen LogP contribution in [-0.4, -0.2) is 35.4 Å². The molecule has 3 rings (SSSR count). The summed E-state index contributed by atoms with van der Waals surface area (Å²) in [6.45, 7) is 0.691. The Balaban J connectivity index is 1.79. The third kappa shape index (κ3) is 3.30. The fraction of sp³-hybridized carbons (Fsp3) is 0.588. The maximum Gasteiger partial charge on any atom is 0.233 e. The Hall–Kier alpha value is -2.11. The summed E-state index contributed by atoms with van der Waals surface area (Å²) in [6, 6.07) is 7.13. The van der Waals surface area contributed by atoms with Crippen LogP contribution in [0, 0.1) is 16.0 Å². The van der Waals surface area contributed by atoms with Crippen molar-refractivity contribution in [2.24, 2.45) is 5.92 Å². The van der Waals surface area contributed by atoms with E-state index in [9.17, 15) is 14.9 Å². The zero-order valence-corrected chi connectivity index (χ0v) is 13.3. The van der Waals surface area contributed by atoms with Crippen LogP contribution in [0.4, 0.5) is 0 Å². The predicted octanol–water partition coefficient (Wildman–Crippen LogP) is 2.80. The van der Waals surface area contributed by atoms with E-state index in [-0.39, 0.29) is 16.9 Å². The van der Waals surface area contributed by atoms with Crippen molar-refractivity contribution in [2.75, 3.05) is 13.7 Å². The molecule has 2 fully saturated rings. The normalized spacial score (nSPS) is 27.2. The van der Waals surface area contributed by atoms with Gasteiger partial charge in [-0.1, -0.05) is 25.0 Å². The molecule has 0 spiro atoms. The van der Waals surface area contributed by atoms with Gasteiger partial charge in [-0.3, -0.25) is 14.9 Å². The van der Waals surface area contributed by atoms with Crippen molar-refractivity contribution in [3.05, 3.63) is 39.9 Å². The lowest BCUT2D eigenvalue weighted by Gasteiger charge is -2.30. The number of rotatable bonds is 4. The highest BCUT2D eigenvalue weighted by Crippen LogP contribution is 2.39. The molecule has 1 amide bonds. The van der Waals surface area contributed by atoms with Crippen molar-refractivity contribution in [3.8, 4) is 5.75 Å². The minimum absolute atomic E-state index is 0.0175. The molecule has 23 heavy (non-hydrogen) atoms. The van der Waals surface area contributed by atoms with Gasteiger partial charge in [0.05, 0.1) is 13.2 Å². The van der Waals surface area contributed by atoms with Gasteiger partial charge in [0.1, 0.15) is 11.7 Å². The van der Waals surface area contributed by atoms with Gasteiger partial charge in [0.15, 0.2) is 0 Å². The number of nitrogens with zero attached hydrogens (tertiary/aromatic N) is 2. The van der Waals surface area contributed by atoms with Gasteiger partial charge in [-0.2, -0.15) is 0 Å². The van der Waals surface area contributed by atoms with Gasteiger partial charge in [-0.25, -0.2) is 0 Å².